The van der Waals surface area contributed by atoms with E-state index in [9.17, 15) is 31.5 Å². The zero-order chi connectivity index (χ0) is 26.5. The van der Waals surface area contributed by atoms with Gasteiger partial charge in [-0.1, -0.05) is 6.58 Å². The van der Waals surface area contributed by atoms with Crippen LogP contribution < -0.4 is 0 Å². The number of halogens is 5. The summed E-state index contributed by atoms with van der Waals surface area (Å²) in [5, 5.41) is 0. The average Bonchev–Trinajstić information content (AvgIpc) is 2.81. The van der Waals surface area contributed by atoms with Gasteiger partial charge in [-0.05, 0) is 101 Å². The average molecular weight is 523 g/mol. The van der Waals surface area contributed by atoms with Crippen LogP contribution in [0.3, 0.4) is 0 Å². The maximum Gasteiger partial charge on any atom is 0.397 e. The molecule has 0 aromatic heterocycles. The number of ether oxygens (including phenoxy) is 2. The molecule has 0 radical (unpaired) electrons. The zero-order valence-electron chi connectivity index (χ0n) is 21.0. The number of carbonyl (C=O) groups excluding carboxylic acids is 2. The first-order chi connectivity index (χ1) is 17.0. The van der Waals surface area contributed by atoms with Crippen molar-refractivity contribution in [2.45, 2.75) is 109 Å². The summed E-state index contributed by atoms with van der Waals surface area (Å²) in [7, 11) is 0. The second kappa shape index (κ2) is 12.7. The molecule has 206 valence electrons. The Balaban J connectivity index is 1.33. The standard InChI is InChI=1S/C27H39F5O4/c1-16(2)26(34)35-13-3-4-24(33)36-21-11-9-18(10-12-21)17-5-7-19(8-6-17)20-14-22(28)25(23(29)15-20)27(30,31)32/h17-23,25H,1,3-15H2,2H3. The van der Waals surface area contributed by atoms with Crippen molar-refractivity contribution in [3.8, 4) is 0 Å². The van der Waals surface area contributed by atoms with Gasteiger partial charge in [0.1, 0.15) is 24.4 Å². The molecular weight excluding hydrogens is 483 g/mol. The minimum Gasteiger partial charge on any atom is -0.462 e. The molecule has 36 heavy (non-hydrogen) atoms. The molecule has 0 aromatic rings. The molecule has 0 aliphatic heterocycles. The van der Waals surface area contributed by atoms with Crippen molar-refractivity contribution < 1.29 is 41.0 Å². The fourth-order valence-corrected chi connectivity index (χ4v) is 6.50. The smallest absolute Gasteiger partial charge is 0.397 e. The summed E-state index contributed by atoms with van der Waals surface area (Å²) in [6.07, 6.45) is -1.98. The van der Waals surface area contributed by atoms with Crippen LogP contribution in [0.1, 0.15) is 84.0 Å². The first kappa shape index (κ1) is 28.9. The van der Waals surface area contributed by atoms with Gasteiger partial charge in [0.05, 0.1) is 6.61 Å². The largest absolute Gasteiger partial charge is 0.462 e. The number of carbonyl (C=O) groups is 2. The Hall–Kier alpha value is -1.67. The van der Waals surface area contributed by atoms with Crippen LogP contribution in [0.5, 0.6) is 0 Å². The second-order valence-corrected chi connectivity index (χ2v) is 11.1. The first-order valence-electron chi connectivity index (χ1n) is 13.3. The Morgan fingerprint density at radius 1 is 0.833 bits per heavy atom. The lowest BCUT2D eigenvalue weighted by Gasteiger charge is -2.43. The summed E-state index contributed by atoms with van der Waals surface area (Å²) in [5.74, 6) is -2.42. The van der Waals surface area contributed by atoms with Crippen molar-refractivity contribution in [2.75, 3.05) is 6.61 Å². The molecule has 0 spiro atoms. The fourth-order valence-electron chi connectivity index (χ4n) is 6.50. The van der Waals surface area contributed by atoms with Gasteiger partial charge in [-0.2, -0.15) is 13.2 Å². The third-order valence-corrected chi connectivity index (χ3v) is 8.49. The highest BCUT2D eigenvalue weighted by Crippen LogP contribution is 2.49. The molecule has 0 amide bonds. The molecule has 0 saturated heterocycles. The molecule has 0 heterocycles. The maximum absolute atomic E-state index is 14.2. The number of hydrogen-bond donors (Lipinski definition) is 0. The van der Waals surface area contributed by atoms with Crippen LogP contribution in [0.15, 0.2) is 12.2 Å². The van der Waals surface area contributed by atoms with Gasteiger partial charge in [0.15, 0.2) is 0 Å². The third-order valence-electron chi connectivity index (χ3n) is 8.49. The van der Waals surface area contributed by atoms with E-state index in [1.54, 1.807) is 6.92 Å². The zero-order valence-corrected chi connectivity index (χ0v) is 21.0. The molecule has 2 atom stereocenters. The van der Waals surface area contributed by atoms with E-state index in [0.29, 0.717) is 23.8 Å². The molecule has 0 N–H and O–H groups in total. The molecule has 3 fully saturated rings. The summed E-state index contributed by atoms with van der Waals surface area (Å²) < 4.78 is 77.9. The lowest BCUT2D eigenvalue weighted by molar-refractivity contribution is -0.220. The van der Waals surface area contributed by atoms with Crippen molar-refractivity contribution >= 4 is 11.9 Å². The van der Waals surface area contributed by atoms with Gasteiger partial charge in [-0.3, -0.25) is 4.79 Å². The van der Waals surface area contributed by atoms with Crippen LogP contribution in [0.4, 0.5) is 22.0 Å². The molecule has 0 aromatic carbocycles. The predicted octanol–water partition coefficient (Wildman–Crippen LogP) is 7.06. The van der Waals surface area contributed by atoms with Crippen molar-refractivity contribution in [1.29, 1.82) is 0 Å². The highest BCUT2D eigenvalue weighted by Gasteiger charge is 2.54. The van der Waals surface area contributed by atoms with Crippen LogP contribution >= 0.6 is 0 Å². The molecule has 3 aliphatic rings. The Kier molecular flexibility index (Phi) is 10.2. The van der Waals surface area contributed by atoms with Gasteiger partial charge in [-0.15, -0.1) is 0 Å². The summed E-state index contributed by atoms with van der Waals surface area (Å²) in [6, 6.07) is 0. The molecule has 4 nitrogen and oxygen atoms in total. The van der Waals surface area contributed by atoms with Crippen LogP contribution in [0.25, 0.3) is 0 Å². The summed E-state index contributed by atoms with van der Waals surface area (Å²) in [4.78, 5) is 23.4. The van der Waals surface area contributed by atoms with Gasteiger partial charge in [0, 0.05) is 12.0 Å². The van der Waals surface area contributed by atoms with Gasteiger partial charge < -0.3 is 9.47 Å². The lowest BCUT2D eigenvalue weighted by Crippen LogP contribution is -2.46. The number of esters is 2. The van der Waals surface area contributed by atoms with E-state index in [4.69, 9.17) is 9.47 Å². The lowest BCUT2D eigenvalue weighted by atomic mass is 9.65. The summed E-state index contributed by atoms with van der Waals surface area (Å²) in [5.41, 5.74) is 0.317. The van der Waals surface area contributed by atoms with E-state index < -0.39 is 30.4 Å². The normalized spacial score (nSPS) is 35.6. The molecular formula is C27H39F5O4. The Morgan fingerprint density at radius 3 is 1.78 bits per heavy atom. The van der Waals surface area contributed by atoms with Crippen molar-refractivity contribution in [3.05, 3.63) is 12.2 Å². The van der Waals surface area contributed by atoms with Gasteiger partial charge in [-0.25, -0.2) is 13.6 Å². The molecule has 0 bridgehead atoms. The monoisotopic (exact) mass is 522 g/mol. The predicted molar refractivity (Wildman–Crippen MR) is 124 cm³/mol. The van der Waals surface area contributed by atoms with Crippen LogP contribution in [-0.2, 0) is 19.1 Å². The van der Waals surface area contributed by atoms with E-state index in [-0.39, 0.29) is 49.8 Å². The summed E-state index contributed by atoms with van der Waals surface area (Å²) >= 11 is 0. The fraction of sp³-hybridized carbons (Fsp3) is 0.852. The second-order valence-electron chi connectivity index (χ2n) is 11.1. The molecule has 3 saturated carbocycles. The highest BCUT2D eigenvalue weighted by molar-refractivity contribution is 5.86. The molecule has 3 aliphatic carbocycles. The molecule has 3 rings (SSSR count). The number of rotatable bonds is 8. The topological polar surface area (TPSA) is 52.6 Å². The van der Waals surface area contributed by atoms with E-state index in [1.807, 2.05) is 0 Å². The van der Waals surface area contributed by atoms with E-state index in [1.165, 1.54) is 0 Å². The van der Waals surface area contributed by atoms with E-state index in [0.717, 1.165) is 51.4 Å². The summed E-state index contributed by atoms with van der Waals surface area (Å²) in [6.45, 7) is 5.21. The van der Waals surface area contributed by atoms with Crippen molar-refractivity contribution in [1.82, 2.24) is 0 Å². The third kappa shape index (κ3) is 7.91. The highest BCUT2D eigenvalue weighted by atomic mass is 19.4. The Labute approximate surface area is 210 Å². The van der Waals surface area contributed by atoms with Gasteiger partial charge in [0.25, 0.3) is 0 Å². The minimum absolute atomic E-state index is 0.0962. The Bertz CT molecular complexity index is 742. The van der Waals surface area contributed by atoms with Crippen LogP contribution in [0.2, 0.25) is 0 Å². The van der Waals surface area contributed by atoms with Crippen molar-refractivity contribution in [2.24, 2.45) is 29.6 Å². The van der Waals surface area contributed by atoms with Crippen LogP contribution in [0, 0.1) is 29.6 Å². The molecule has 9 heteroatoms. The van der Waals surface area contributed by atoms with Gasteiger partial charge in [0.2, 0.25) is 0 Å². The quantitative estimate of drug-likeness (QED) is 0.148. The number of alkyl halides is 5. The van der Waals surface area contributed by atoms with Crippen molar-refractivity contribution in [3.63, 3.8) is 0 Å². The van der Waals surface area contributed by atoms with E-state index in [2.05, 4.69) is 6.58 Å². The number of hydrogen-bond acceptors (Lipinski definition) is 4. The minimum atomic E-state index is -4.83. The Morgan fingerprint density at radius 2 is 1.31 bits per heavy atom. The van der Waals surface area contributed by atoms with E-state index >= 15 is 0 Å². The van der Waals surface area contributed by atoms with Gasteiger partial charge >= 0.3 is 18.1 Å². The maximum atomic E-state index is 14.2. The van der Waals surface area contributed by atoms with Crippen LogP contribution in [-0.4, -0.2) is 43.2 Å². The first-order valence-corrected chi connectivity index (χ1v) is 13.3. The molecule has 2 unspecified atom stereocenters. The SMILES string of the molecule is C=C(C)C(=O)OCCCC(=O)OC1CCC(C2CCC(C3CC(F)C(C(F)(F)F)C(F)C3)CC2)CC1.